The van der Waals surface area contributed by atoms with Gasteiger partial charge < -0.3 is 10.6 Å². The molecule has 0 aliphatic rings. The molecule has 2 N–H and O–H groups in total. The molecule has 6 heteroatoms. The van der Waals surface area contributed by atoms with Crippen LogP contribution in [-0.2, 0) is 0 Å². The Bertz CT molecular complexity index is 1060. The lowest BCUT2D eigenvalue weighted by Crippen LogP contribution is -2.36. The van der Waals surface area contributed by atoms with Crippen molar-refractivity contribution in [1.29, 1.82) is 0 Å². The van der Waals surface area contributed by atoms with Crippen molar-refractivity contribution in [2.24, 2.45) is 0 Å². The van der Waals surface area contributed by atoms with Crippen LogP contribution in [0.3, 0.4) is 0 Å². The maximum Gasteiger partial charge on any atom is 0.267 e. The monoisotopic (exact) mass is 389 g/mol. The third kappa shape index (κ3) is 4.79. The molecule has 3 aromatic rings. The average Bonchev–Trinajstić information content (AvgIpc) is 2.75. The van der Waals surface area contributed by atoms with Crippen LogP contribution in [0.4, 0.5) is 5.69 Å². The van der Waals surface area contributed by atoms with Gasteiger partial charge in [-0.1, -0.05) is 25.1 Å². The second-order valence-electron chi connectivity index (χ2n) is 6.75. The van der Waals surface area contributed by atoms with Gasteiger partial charge in [0.05, 0.1) is 0 Å². The van der Waals surface area contributed by atoms with E-state index in [1.165, 1.54) is 10.6 Å². The Hall–Kier alpha value is -3.67. The topological polar surface area (TPSA) is 80.2 Å². The summed E-state index contributed by atoms with van der Waals surface area (Å²) in [6.45, 7) is 3.86. The molecule has 0 radical (unpaired) electrons. The number of pyridine rings is 1. The van der Waals surface area contributed by atoms with Crippen molar-refractivity contribution >= 4 is 17.5 Å². The van der Waals surface area contributed by atoms with E-state index < -0.39 is 5.56 Å². The summed E-state index contributed by atoms with van der Waals surface area (Å²) in [5.74, 6) is -0.593. The number of hydrogen-bond acceptors (Lipinski definition) is 3. The van der Waals surface area contributed by atoms with Crippen LogP contribution in [0.1, 0.15) is 41.0 Å². The van der Waals surface area contributed by atoms with E-state index in [-0.39, 0.29) is 23.4 Å². The number of rotatable bonds is 6. The molecule has 1 atom stereocenters. The van der Waals surface area contributed by atoms with E-state index in [1.54, 1.807) is 60.8 Å². The molecular formula is C23H23N3O3. The SMILES string of the molecule is CCC(C)NC(=O)c1cccn(-c2ccc(NC(=O)c3ccccc3)cc2)c1=O. The highest BCUT2D eigenvalue weighted by atomic mass is 16.2. The molecule has 3 rings (SSSR count). The molecule has 0 saturated heterocycles. The summed E-state index contributed by atoms with van der Waals surface area (Å²) in [6.07, 6.45) is 2.39. The van der Waals surface area contributed by atoms with E-state index in [0.29, 0.717) is 16.9 Å². The molecule has 148 valence electrons. The van der Waals surface area contributed by atoms with E-state index in [9.17, 15) is 14.4 Å². The number of hydrogen-bond donors (Lipinski definition) is 2. The Morgan fingerprint density at radius 1 is 0.931 bits per heavy atom. The highest BCUT2D eigenvalue weighted by Gasteiger charge is 2.14. The number of carbonyl (C=O) groups is 2. The molecule has 1 heterocycles. The van der Waals surface area contributed by atoms with Crippen LogP contribution in [0, 0.1) is 0 Å². The molecule has 0 aliphatic carbocycles. The second kappa shape index (κ2) is 9.01. The zero-order chi connectivity index (χ0) is 20.8. The lowest BCUT2D eigenvalue weighted by molar-refractivity contribution is 0.0936. The van der Waals surface area contributed by atoms with Gasteiger partial charge in [-0.15, -0.1) is 0 Å². The van der Waals surface area contributed by atoms with Crippen molar-refractivity contribution < 1.29 is 9.59 Å². The molecular weight excluding hydrogens is 366 g/mol. The van der Waals surface area contributed by atoms with Gasteiger partial charge in [-0.3, -0.25) is 19.0 Å². The van der Waals surface area contributed by atoms with Crippen molar-refractivity contribution in [3.05, 3.63) is 94.4 Å². The Morgan fingerprint density at radius 3 is 2.28 bits per heavy atom. The molecule has 6 nitrogen and oxygen atoms in total. The number of carbonyl (C=O) groups excluding carboxylic acids is 2. The van der Waals surface area contributed by atoms with Crippen LogP contribution in [-0.4, -0.2) is 22.4 Å². The lowest BCUT2D eigenvalue weighted by atomic mass is 10.2. The first-order valence-electron chi connectivity index (χ1n) is 9.49. The fourth-order valence-corrected chi connectivity index (χ4v) is 2.77. The molecule has 0 fully saturated rings. The number of anilines is 1. The third-order valence-electron chi connectivity index (χ3n) is 4.62. The van der Waals surface area contributed by atoms with Crippen molar-refractivity contribution in [3.8, 4) is 5.69 Å². The zero-order valence-corrected chi connectivity index (χ0v) is 16.4. The third-order valence-corrected chi connectivity index (χ3v) is 4.62. The van der Waals surface area contributed by atoms with Gasteiger partial charge in [-0.25, -0.2) is 0 Å². The van der Waals surface area contributed by atoms with Crippen LogP contribution >= 0.6 is 0 Å². The molecule has 1 unspecified atom stereocenters. The van der Waals surface area contributed by atoms with E-state index in [4.69, 9.17) is 0 Å². The van der Waals surface area contributed by atoms with E-state index >= 15 is 0 Å². The minimum absolute atomic E-state index is 0.0111. The Morgan fingerprint density at radius 2 is 1.62 bits per heavy atom. The summed E-state index contributed by atoms with van der Waals surface area (Å²) in [7, 11) is 0. The highest BCUT2D eigenvalue weighted by molar-refractivity contribution is 6.04. The van der Waals surface area contributed by atoms with Crippen molar-refractivity contribution in [1.82, 2.24) is 9.88 Å². The van der Waals surface area contributed by atoms with Crippen molar-refractivity contribution in [3.63, 3.8) is 0 Å². The van der Waals surface area contributed by atoms with Crippen LogP contribution in [0.2, 0.25) is 0 Å². The van der Waals surface area contributed by atoms with E-state index in [2.05, 4.69) is 10.6 Å². The van der Waals surface area contributed by atoms with Gasteiger partial charge >= 0.3 is 0 Å². The van der Waals surface area contributed by atoms with E-state index in [1.807, 2.05) is 19.9 Å². The largest absolute Gasteiger partial charge is 0.349 e. The smallest absolute Gasteiger partial charge is 0.267 e. The lowest BCUT2D eigenvalue weighted by Gasteiger charge is -2.13. The number of nitrogens with zero attached hydrogens (tertiary/aromatic N) is 1. The van der Waals surface area contributed by atoms with Crippen LogP contribution in [0.15, 0.2) is 77.7 Å². The fraction of sp³-hybridized carbons (Fsp3) is 0.174. The zero-order valence-electron chi connectivity index (χ0n) is 16.4. The first-order valence-corrected chi connectivity index (χ1v) is 9.49. The quantitative estimate of drug-likeness (QED) is 0.676. The normalized spacial score (nSPS) is 11.5. The molecule has 0 bridgehead atoms. The Labute approximate surface area is 169 Å². The number of benzene rings is 2. The van der Waals surface area contributed by atoms with Gasteiger partial charge in [0.1, 0.15) is 5.56 Å². The summed E-state index contributed by atoms with van der Waals surface area (Å²) >= 11 is 0. The fourth-order valence-electron chi connectivity index (χ4n) is 2.77. The van der Waals surface area contributed by atoms with Crippen molar-refractivity contribution in [2.45, 2.75) is 26.3 Å². The van der Waals surface area contributed by atoms with Gasteiger partial charge in [0.25, 0.3) is 17.4 Å². The van der Waals surface area contributed by atoms with Gasteiger partial charge in [0.2, 0.25) is 0 Å². The van der Waals surface area contributed by atoms with Crippen LogP contribution in [0.5, 0.6) is 0 Å². The Balaban J connectivity index is 1.80. The Kier molecular flexibility index (Phi) is 6.24. The maximum atomic E-state index is 12.8. The number of aromatic nitrogens is 1. The molecule has 0 saturated carbocycles. The first-order chi connectivity index (χ1) is 14.0. The summed E-state index contributed by atoms with van der Waals surface area (Å²) in [4.78, 5) is 37.4. The summed E-state index contributed by atoms with van der Waals surface area (Å²) in [6, 6.07) is 19.0. The molecule has 2 amide bonds. The van der Waals surface area contributed by atoms with E-state index in [0.717, 1.165) is 6.42 Å². The number of amides is 2. The van der Waals surface area contributed by atoms with Gasteiger partial charge in [0, 0.05) is 29.2 Å². The predicted molar refractivity (Wildman–Crippen MR) is 114 cm³/mol. The minimum atomic E-state index is -0.394. The van der Waals surface area contributed by atoms with Crippen LogP contribution in [0.25, 0.3) is 5.69 Å². The van der Waals surface area contributed by atoms with Gasteiger partial charge in [-0.05, 0) is 61.9 Å². The molecule has 1 aromatic heterocycles. The first kappa shape index (κ1) is 20.1. The predicted octanol–water partition coefficient (Wildman–Crippen LogP) is 3.62. The summed E-state index contributed by atoms with van der Waals surface area (Å²) in [5, 5.41) is 5.63. The second-order valence-corrected chi connectivity index (χ2v) is 6.75. The standard InChI is InChI=1S/C23H23N3O3/c1-3-16(2)24-22(28)20-10-7-15-26(23(20)29)19-13-11-18(12-14-19)25-21(27)17-8-5-4-6-9-17/h4-16H,3H2,1-2H3,(H,24,28)(H,25,27). The molecule has 0 aliphatic heterocycles. The average molecular weight is 389 g/mol. The van der Waals surface area contributed by atoms with Crippen molar-refractivity contribution in [2.75, 3.05) is 5.32 Å². The maximum absolute atomic E-state index is 12.8. The molecule has 0 spiro atoms. The van der Waals surface area contributed by atoms with Gasteiger partial charge in [-0.2, -0.15) is 0 Å². The minimum Gasteiger partial charge on any atom is -0.349 e. The molecule has 29 heavy (non-hydrogen) atoms. The van der Waals surface area contributed by atoms with Gasteiger partial charge in [0.15, 0.2) is 0 Å². The highest BCUT2D eigenvalue weighted by Crippen LogP contribution is 2.14. The summed E-state index contributed by atoms with van der Waals surface area (Å²) in [5.41, 5.74) is 1.48. The molecule has 2 aromatic carbocycles. The number of nitrogens with one attached hydrogen (secondary N) is 2. The summed E-state index contributed by atoms with van der Waals surface area (Å²) < 4.78 is 1.41. The van der Waals surface area contributed by atoms with Crippen LogP contribution < -0.4 is 16.2 Å².